The number of carbonyl (C=O) groups is 1. The van der Waals surface area contributed by atoms with Crippen molar-refractivity contribution in [3.8, 4) is 6.07 Å². The monoisotopic (exact) mass is 231 g/mol. The van der Waals surface area contributed by atoms with Crippen molar-refractivity contribution in [3.63, 3.8) is 0 Å². The first kappa shape index (κ1) is 11.3. The molecule has 0 saturated carbocycles. The van der Waals surface area contributed by atoms with Crippen LogP contribution in [0.3, 0.4) is 0 Å². The Balaban J connectivity index is 3.45. The standard InChI is InChI=1S/C8H4ClF2N3O/c9-6-4(8(13)15)1-3(7(10)11)5(2-12)14-6/h1,7H,(H2,13,15). The summed E-state index contributed by atoms with van der Waals surface area (Å²) in [7, 11) is 0. The van der Waals surface area contributed by atoms with Crippen LogP contribution in [0.2, 0.25) is 5.15 Å². The van der Waals surface area contributed by atoms with E-state index in [1.807, 2.05) is 0 Å². The number of pyridine rings is 1. The molecule has 0 atom stereocenters. The largest absolute Gasteiger partial charge is 0.366 e. The molecule has 1 heterocycles. The molecule has 2 N–H and O–H groups in total. The summed E-state index contributed by atoms with van der Waals surface area (Å²) in [5.74, 6) is -0.973. The lowest BCUT2D eigenvalue weighted by Gasteiger charge is -2.05. The molecule has 15 heavy (non-hydrogen) atoms. The average molecular weight is 232 g/mol. The van der Waals surface area contributed by atoms with Gasteiger partial charge in [0.25, 0.3) is 12.3 Å². The Bertz CT molecular complexity index is 456. The van der Waals surface area contributed by atoms with Crippen LogP contribution in [0.5, 0.6) is 0 Å². The zero-order valence-corrected chi connectivity index (χ0v) is 7.92. The highest BCUT2D eigenvalue weighted by Crippen LogP contribution is 2.25. The van der Waals surface area contributed by atoms with E-state index in [0.717, 1.165) is 6.07 Å². The van der Waals surface area contributed by atoms with E-state index in [-0.39, 0.29) is 10.7 Å². The zero-order valence-electron chi connectivity index (χ0n) is 7.17. The second kappa shape index (κ2) is 4.19. The van der Waals surface area contributed by atoms with Gasteiger partial charge in [-0.25, -0.2) is 13.8 Å². The van der Waals surface area contributed by atoms with Crippen molar-refractivity contribution >= 4 is 17.5 Å². The van der Waals surface area contributed by atoms with Crippen molar-refractivity contribution in [2.75, 3.05) is 0 Å². The van der Waals surface area contributed by atoms with Gasteiger partial charge in [-0.2, -0.15) is 5.26 Å². The summed E-state index contributed by atoms with van der Waals surface area (Å²) >= 11 is 5.47. The second-order valence-corrected chi connectivity index (χ2v) is 2.90. The molecule has 1 aromatic rings. The SMILES string of the molecule is N#Cc1nc(Cl)c(C(N)=O)cc1C(F)F. The van der Waals surface area contributed by atoms with Crippen LogP contribution in [0, 0.1) is 11.3 Å². The first-order chi connectivity index (χ1) is 6.97. The van der Waals surface area contributed by atoms with Gasteiger partial charge in [-0.15, -0.1) is 0 Å². The van der Waals surface area contributed by atoms with Gasteiger partial charge in [-0.1, -0.05) is 11.6 Å². The predicted octanol–water partition coefficient (Wildman–Crippen LogP) is 1.64. The first-order valence-electron chi connectivity index (χ1n) is 3.66. The Hall–Kier alpha value is -1.74. The normalized spacial score (nSPS) is 10.1. The van der Waals surface area contributed by atoms with Crippen LogP contribution in [0.4, 0.5) is 8.78 Å². The minimum atomic E-state index is -2.91. The number of aromatic nitrogens is 1. The third-order valence-corrected chi connectivity index (χ3v) is 1.90. The Morgan fingerprint density at radius 2 is 2.27 bits per heavy atom. The van der Waals surface area contributed by atoms with Gasteiger partial charge in [0.15, 0.2) is 5.69 Å². The lowest BCUT2D eigenvalue weighted by atomic mass is 10.1. The van der Waals surface area contributed by atoms with Crippen molar-refractivity contribution in [1.82, 2.24) is 4.98 Å². The third-order valence-electron chi connectivity index (χ3n) is 1.61. The number of hydrogen-bond donors (Lipinski definition) is 1. The van der Waals surface area contributed by atoms with Crippen molar-refractivity contribution in [2.24, 2.45) is 5.73 Å². The summed E-state index contributed by atoms with van der Waals surface area (Å²) in [6.07, 6.45) is -2.91. The number of halogens is 3. The number of nitriles is 1. The van der Waals surface area contributed by atoms with Crippen molar-refractivity contribution < 1.29 is 13.6 Å². The molecule has 0 saturated heterocycles. The van der Waals surface area contributed by atoms with Gasteiger partial charge >= 0.3 is 0 Å². The Labute approximate surface area is 88.3 Å². The molecule has 7 heteroatoms. The van der Waals surface area contributed by atoms with Crippen LogP contribution in [0.15, 0.2) is 6.07 Å². The summed E-state index contributed by atoms with van der Waals surface area (Å²) in [5.41, 5.74) is 3.39. The van der Waals surface area contributed by atoms with Crippen LogP contribution in [0.1, 0.15) is 28.0 Å². The molecule has 0 bridgehead atoms. The topological polar surface area (TPSA) is 79.8 Å². The minimum absolute atomic E-state index is 0.328. The molecule has 0 spiro atoms. The van der Waals surface area contributed by atoms with E-state index in [4.69, 9.17) is 22.6 Å². The highest BCUT2D eigenvalue weighted by atomic mass is 35.5. The molecule has 1 aromatic heterocycles. The lowest BCUT2D eigenvalue weighted by molar-refractivity contribution is 0.0999. The highest BCUT2D eigenvalue weighted by molar-refractivity contribution is 6.32. The molecule has 0 aliphatic rings. The Morgan fingerprint density at radius 1 is 1.67 bits per heavy atom. The predicted molar refractivity (Wildman–Crippen MR) is 47.4 cm³/mol. The minimum Gasteiger partial charge on any atom is -0.366 e. The maximum absolute atomic E-state index is 12.4. The molecule has 0 aromatic carbocycles. The Kier molecular flexibility index (Phi) is 3.17. The molecule has 4 nitrogen and oxygen atoms in total. The number of amides is 1. The number of nitrogens with two attached hydrogens (primary N) is 1. The summed E-state index contributed by atoms with van der Waals surface area (Å²) in [5, 5.41) is 8.14. The van der Waals surface area contributed by atoms with Crippen LogP contribution in [0.25, 0.3) is 0 Å². The molecular weight excluding hydrogens is 228 g/mol. The van der Waals surface area contributed by atoms with Crippen molar-refractivity contribution in [3.05, 3.63) is 28.0 Å². The highest BCUT2D eigenvalue weighted by Gasteiger charge is 2.19. The molecule has 0 aliphatic heterocycles. The maximum atomic E-state index is 12.4. The van der Waals surface area contributed by atoms with Gasteiger partial charge in [0, 0.05) is 0 Å². The van der Waals surface area contributed by atoms with Gasteiger partial charge < -0.3 is 5.73 Å². The van der Waals surface area contributed by atoms with Crippen LogP contribution in [-0.4, -0.2) is 10.9 Å². The van der Waals surface area contributed by atoms with Crippen LogP contribution >= 0.6 is 11.6 Å². The average Bonchev–Trinajstić information content (AvgIpc) is 2.16. The lowest BCUT2D eigenvalue weighted by Crippen LogP contribution is -2.13. The van der Waals surface area contributed by atoms with Crippen LogP contribution in [-0.2, 0) is 0 Å². The summed E-state index contributed by atoms with van der Waals surface area (Å²) < 4.78 is 24.8. The number of alkyl halides is 2. The summed E-state index contributed by atoms with van der Waals surface area (Å²) in [4.78, 5) is 14.1. The fraction of sp³-hybridized carbons (Fsp3) is 0.125. The number of rotatable bonds is 2. The molecular formula is C8H4ClF2N3O. The van der Waals surface area contributed by atoms with Crippen molar-refractivity contribution in [2.45, 2.75) is 6.43 Å². The molecule has 1 amide bonds. The number of nitrogens with zero attached hydrogens (tertiary/aromatic N) is 2. The molecule has 0 fully saturated rings. The summed E-state index contributed by atoms with van der Waals surface area (Å²) in [6.45, 7) is 0. The van der Waals surface area contributed by atoms with E-state index < -0.39 is 23.6 Å². The van der Waals surface area contributed by atoms with Crippen molar-refractivity contribution in [1.29, 1.82) is 5.26 Å². The molecule has 0 radical (unpaired) electrons. The van der Waals surface area contributed by atoms with Gasteiger partial charge in [0.2, 0.25) is 0 Å². The fourth-order valence-corrected chi connectivity index (χ4v) is 1.17. The van der Waals surface area contributed by atoms with E-state index >= 15 is 0 Å². The van der Waals surface area contributed by atoms with Gasteiger partial charge in [0.1, 0.15) is 11.2 Å². The molecule has 1 rings (SSSR count). The number of primary amides is 1. The summed E-state index contributed by atoms with van der Waals surface area (Å²) in [6, 6.07) is 2.23. The van der Waals surface area contributed by atoms with E-state index in [1.54, 1.807) is 0 Å². The smallest absolute Gasteiger partial charge is 0.266 e. The van der Waals surface area contributed by atoms with E-state index in [2.05, 4.69) is 4.98 Å². The molecule has 0 aliphatic carbocycles. The fourth-order valence-electron chi connectivity index (χ4n) is 0.935. The third kappa shape index (κ3) is 2.19. The molecule has 78 valence electrons. The van der Waals surface area contributed by atoms with Crippen LogP contribution < -0.4 is 5.73 Å². The zero-order chi connectivity index (χ0) is 11.6. The van der Waals surface area contributed by atoms with Gasteiger partial charge in [0.05, 0.1) is 11.1 Å². The Morgan fingerprint density at radius 3 is 2.67 bits per heavy atom. The van der Waals surface area contributed by atoms with Gasteiger partial charge in [-0.05, 0) is 6.07 Å². The maximum Gasteiger partial charge on any atom is 0.266 e. The first-order valence-corrected chi connectivity index (χ1v) is 4.03. The number of carbonyl (C=O) groups excluding carboxylic acids is 1. The quantitative estimate of drug-likeness (QED) is 0.786. The second-order valence-electron chi connectivity index (χ2n) is 2.54. The van der Waals surface area contributed by atoms with E-state index in [9.17, 15) is 13.6 Å². The molecule has 0 unspecified atom stereocenters. The number of hydrogen-bond acceptors (Lipinski definition) is 3. The van der Waals surface area contributed by atoms with E-state index in [0.29, 0.717) is 0 Å². The van der Waals surface area contributed by atoms with Gasteiger partial charge in [-0.3, -0.25) is 4.79 Å². The van der Waals surface area contributed by atoms with E-state index in [1.165, 1.54) is 6.07 Å².